The zero-order valence-electron chi connectivity index (χ0n) is 8.89. The van der Waals surface area contributed by atoms with Gasteiger partial charge < -0.3 is 0 Å². The van der Waals surface area contributed by atoms with Gasteiger partial charge in [0.05, 0.1) is 0 Å². The Hall–Kier alpha value is -0.340. The van der Waals surface area contributed by atoms with Crippen molar-refractivity contribution in [2.75, 3.05) is 0 Å². The fraction of sp³-hybridized carbons (Fsp3) is 0.636. The smallest absolute Gasteiger partial charge is 0.248 e. The number of allylic oxidation sites excluding steroid dienone is 2. The average Bonchev–Trinajstić information content (AvgIpc) is 2.15. The monoisotopic (exact) mass is 250 g/mol. The summed E-state index contributed by atoms with van der Waals surface area (Å²) >= 11 is 10.5. The number of unbranched alkanes of at least 4 members (excludes halogenated alkanes) is 4. The molecule has 0 fully saturated rings. The molecule has 0 aromatic carbocycles. The Bertz CT molecular complexity index is 247. The predicted octanol–water partition coefficient (Wildman–Crippen LogP) is 3.80. The number of carbonyl (C=O) groups excluding carboxylic acids is 2. The van der Waals surface area contributed by atoms with Crippen molar-refractivity contribution >= 4 is 33.7 Å². The van der Waals surface area contributed by atoms with E-state index in [1.807, 2.05) is 0 Å². The molecule has 0 aromatic heterocycles. The minimum atomic E-state index is -0.646. The summed E-state index contributed by atoms with van der Waals surface area (Å²) in [5.74, 6) is 0. The van der Waals surface area contributed by atoms with Gasteiger partial charge in [0.15, 0.2) is 0 Å². The second-order valence-electron chi connectivity index (χ2n) is 3.41. The molecular weight excluding hydrogens is 235 g/mol. The number of hydrogen-bond donors (Lipinski definition) is 0. The number of hydrogen-bond acceptors (Lipinski definition) is 2. The lowest BCUT2D eigenvalue weighted by Gasteiger charge is -2.01. The summed E-state index contributed by atoms with van der Waals surface area (Å²) < 4.78 is 0. The van der Waals surface area contributed by atoms with Crippen molar-refractivity contribution in [2.24, 2.45) is 0 Å². The summed E-state index contributed by atoms with van der Waals surface area (Å²) in [6.45, 7) is 2.14. The molecule has 0 aliphatic heterocycles. The SMILES string of the molecule is CCCCCCC/C(=C\C(=O)Cl)C(=O)Cl. The topological polar surface area (TPSA) is 34.1 Å². The highest BCUT2D eigenvalue weighted by Gasteiger charge is 2.07. The van der Waals surface area contributed by atoms with Crippen LogP contribution >= 0.6 is 23.2 Å². The third-order valence-corrected chi connectivity index (χ3v) is 2.44. The molecule has 0 atom stereocenters. The van der Waals surface area contributed by atoms with Gasteiger partial charge in [0, 0.05) is 11.6 Å². The van der Waals surface area contributed by atoms with Crippen LogP contribution in [0.1, 0.15) is 45.4 Å². The molecule has 0 aromatic rings. The number of carbonyl (C=O) groups is 2. The summed E-state index contributed by atoms with van der Waals surface area (Å²) in [6, 6.07) is 0. The van der Waals surface area contributed by atoms with Gasteiger partial charge in [0.25, 0.3) is 0 Å². The Morgan fingerprint density at radius 2 is 1.67 bits per heavy atom. The van der Waals surface area contributed by atoms with Gasteiger partial charge in [-0.1, -0.05) is 32.6 Å². The van der Waals surface area contributed by atoms with E-state index in [9.17, 15) is 9.59 Å². The van der Waals surface area contributed by atoms with Crippen LogP contribution in [0.3, 0.4) is 0 Å². The highest BCUT2D eigenvalue weighted by atomic mass is 35.5. The van der Waals surface area contributed by atoms with E-state index in [-0.39, 0.29) is 0 Å². The van der Waals surface area contributed by atoms with E-state index in [0.29, 0.717) is 12.0 Å². The second-order valence-corrected chi connectivity index (χ2v) is 4.13. The van der Waals surface area contributed by atoms with Crippen LogP contribution in [-0.2, 0) is 9.59 Å². The molecule has 86 valence electrons. The van der Waals surface area contributed by atoms with Crippen LogP contribution in [0.25, 0.3) is 0 Å². The van der Waals surface area contributed by atoms with Crippen molar-refractivity contribution in [2.45, 2.75) is 45.4 Å². The molecule has 0 saturated heterocycles. The van der Waals surface area contributed by atoms with Gasteiger partial charge in [-0.25, -0.2) is 0 Å². The molecule has 0 rings (SSSR count). The molecule has 0 spiro atoms. The van der Waals surface area contributed by atoms with Gasteiger partial charge in [-0.2, -0.15) is 0 Å². The lowest BCUT2D eigenvalue weighted by molar-refractivity contribution is -0.110. The van der Waals surface area contributed by atoms with Crippen LogP contribution in [-0.4, -0.2) is 10.5 Å². The highest BCUT2D eigenvalue weighted by Crippen LogP contribution is 2.14. The molecule has 4 heteroatoms. The van der Waals surface area contributed by atoms with Crippen molar-refractivity contribution in [1.29, 1.82) is 0 Å². The van der Waals surface area contributed by atoms with Crippen LogP contribution in [0.5, 0.6) is 0 Å². The molecule has 0 unspecified atom stereocenters. The Morgan fingerprint density at radius 1 is 1.07 bits per heavy atom. The summed E-state index contributed by atoms with van der Waals surface area (Å²) in [4.78, 5) is 21.5. The van der Waals surface area contributed by atoms with Gasteiger partial charge in [-0.05, 0) is 36.0 Å². The zero-order valence-corrected chi connectivity index (χ0v) is 10.4. The van der Waals surface area contributed by atoms with Gasteiger partial charge in [-0.3, -0.25) is 9.59 Å². The zero-order chi connectivity index (χ0) is 11.7. The molecule has 0 saturated carbocycles. The first-order valence-corrected chi connectivity index (χ1v) is 5.93. The standard InChI is InChI=1S/C11H16Cl2O2/c1-2-3-4-5-6-7-9(11(13)15)8-10(12)14/h8H,2-7H2,1H3/b9-8+. The van der Waals surface area contributed by atoms with E-state index in [0.717, 1.165) is 25.3 Å². The fourth-order valence-corrected chi connectivity index (χ4v) is 1.56. The summed E-state index contributed by atoms with van der Waals surface area (Å²) in [7, 11) is 0. The third-order valence-electron chi connectivity index (χ3n) is 2.09. The molecule has 0 heterocycles. The Kier molecular flexibility index (Phi) is 8.73. The summed E-state index contributed by atoms with van der Waals surface area (Å²) in [6.07, 6.45) is 7.08. The minimum Gasteiger partial charge on any atom is -0.276 e. The Morgan fingerprint density at radius 3 is 2.13 bits per heavy atom. The van der Waals surface area contributed by atoms with E-state index in [1.54, 1.807) is 0 Å². The Labute approximate surface area is 101 Å². The van der Waals surface area contributed by atoms with Crippen molar-refractivity contribution < 1.29 is 9.59 Å². The third kappa shape index (κ3) is 8.64. The van der Waals surface area contributed by atoms with E-state index < -0.39 is 10.5 Å². The second kappa shape index (κ2) is 8.93. The average molecular weight is 251 g/mol. The Balaban J connectivity index is 3.88. The molecule has 0 N–H and O–H groups in total. The maximum absolute atomic E-state index is 10.9. The minimum absolute atomic E-state index is 0.313. The van der Waals surface area contributed by atoms with Gasteiger partial charge in [0.2, 0.25) is 10.5 Å². The van der Waals surface area contributed by atoms with Crippen LogP contribution in [0, 0.1) is 0 Å². The molecule has 15 heavy (non-hydrogen) atoms. The van der Waals surface area contributed by atoms with Crippen LogP contribution < -0.4 is 0 Å². The lowest BCUT2D eigenvalue weighted by Crippen LogP contribution is -1.96. The normalized spacial score (nSPS) is 11.5. The molecule has 0 aliphatic carbocycles. The lowest BCUT2D eigenvalue weighted by atomic mass is 10.1. The van der Waals surface area contributed by atoms with Crippen LogP contribution in [0.2, 0.25) is 0 Å². The van der Waals surface area contributed by atoms with E-state index in [1.165, 1.54) is 12.8 Å². The first-order chi connectivity index (χ1) is 7.07. The van der Waals surface area contributed by atoms with Crippen LogP contribution in [0.15, 0.2) is 11.6 Å². The highest BCUT2D eigenvalue weighted by molar-refractivity contribution is 6.70. The summed E-state index contributed by atoms with van der Waals surface area (Å²) in [5.41, 5.74) is 0.313. The maximum Gasteiger partial charge on any atom is 0.248 e. The van der Waals surface area contributed by atoms with Crippen molar-refractivity contribution in [3.05, 3.63) is 11.6 Å². The van der Waals surface area contributed by atoms with E-state index in [2.05, 4.69) is 6.92 Å². The molecule has 0 aliphatic rings. The van der Waals surface area contributed by atoms with Crippen LogP contribution in [0.4, 0.5) is 0 Å². The molecule has 0 amide bonds. The van der Waals surface area contributed by atoms with Crippen molar-refractivity contribution in [1.82, 2.24) is 0 Å². The first-order valence-electron chi connectivity index (χ1n) is 5.17. The predicted molar refractivity (Wildman–Crippen MR) is 63.2 cm³/mol. The van der Waals surface area contributed by atoms with Crippen molar-refractivity contribution in [3.8, 4) is 0 Å². The molecule has 0 radical (unpaired) electrons. The van der Waals surface area contributed by atoms with Gasteiger partial charge in [-0.15, -0.1) is 0 Å². The quantitative estimate of drug-likeness (QED) is 0.373. The van der Waals surface area contributed by atoms with Gasteiger partial charge in [0.1, 0.15) is 0 Å². The van der Waals surface area contributed by atoms with Crippen molar-refractivity contribution in [3.63, 3.8) is 0 Å². The molecule has 2 nitrogen and oxygen atoms in total. The van der Waals surface area contributed by atoms with E-state index in [4.69, 9.17) is 23.2 Å². The number of halogens is 2. The summed E-state index contributed by atoms with van der Waals surface area (Å²) in [5, 5.41) is -1.23. The van der Waals surface area contributed by atoms with E-state index >= 15 is 0 Å². The van der Waals surface area contributed by atoms with Gasteiger partial charge >= 0.3 is 0 Å². The number of rotatable bonds is 8. The molecule has 0 bridgehead atoms. The molecular formula is C11H16Cl2O2. The first kappa shape index (κ1) is 14.7. The largest absolute Gasteiger partial charge is 0.276 e. The maximum atomic E-state index is 10.9. The fourth-order valence-electron chi connectivity index (χ4n) is 1.28.